The fourth-order valence-corrected chi connectivity index (χ4v) is 9.50. The Morgan fingerprint density at radius 3 is 2.17 bits per heavy atom. The van der Waals surface area contributed by atoms with E-state index in [4.69, 9.17) is 46.3 Å². The molecule has 0 fully saturated rings. The van der Waals surface area contributed by atoms with Gasteiger partial charge in [0, 0.05) is 17.5 Å². The van der Waals surface area contributed by atoms with Gasteiger partial charge in [-0.25, -0.2) is 14.8 Å². The topological polar surface area (TPSA) is 143 Å². The quantitative estimate of drug-likeness (QED) is 0.0563. The third-order valence-corrected chi connectivity index (χ3v) is 12.7. The van der Waals surface area contributed by atoms with Gasteiger partial charge in [0.05, 0.1) is 19.2 Å². The van der Waals surface area contributed by atoms with Crippen LogP contribution in [0.3, 0.4) is 0 Å². The van der Waals surface area contributed by atoms with Gasteiger partial charge in [0.1, 0.15) is 53.8 Å². The van der Waals surface area contributed by atoms with Crippen LogP contribution in [0.4, 0.5) is 0 Å². The van der Waals surface area contributed by atoms with Crippen molar-refractivity contribution in [2.75, 3.05) is 13.2 Å². The summed E-state index contributed by atoms with van der Waals surface area (Å²) in [6.45, 7) is 8.73. The summed E-state index contributed by atoms with van der Waals surface area (Å²) in [5.41, 5.74) is 3.65. The molecule has 0 radical (unpaired) electrons. The number of ether oxygens (including phenoxy) is 4. The van der Waals surface area contributed by atoms with Crippen molar-refractivity contribution >= 4 is 76.8 Å². The molecule has 0 unspecified atom stereocenters. The van der Waals surface area contributed by atoms with Gasteiger partial charge in [-0.15, -0.1) is 11.3 Å². The molecule has 1 N–H and O–H groups in total. The Bertz CT molecular complexity index is 2540. The van der Waals surface area contributed by atoms with Crippen LogP contribution in [-0.4, -0.2) is 54.4 Å². The Labute approximate surface area is 365 Å². The fraction of sp³-hybridized carbons (Fsp3) is 0.279. The molecule has 0 spiro atoms. The van der Waals surface area contributed by atoms with Crippen molar-refractivity contribution < 1.29 is 41.4 Å². The maximum Gasteiger partial charge on any atom is 0.348 e. The van der Waals surface area contributed by atoms with Crippen molar-refractivity contribution in [3.05, 3.63) is 127 Å². The number of aromatic hydroxyl groups is 1. The number of aromatic nitrogens is 2. The molecule has 2 aromatic heterocycles. The first-order valence-corrected chi connectivity index (χ1v) is 22.3. The lowest BCUT2D eigenvalue weighted by Gasteiger charge is -2.25. The van der Waals surface area contributed by atoms with Gasteiger partial charge in [-0.1, -0.05) is 83.9 Å². The molecule has 0 aliphatic heterocycles. The number of esters is 1. The zero-order chi connectivity index (χ0) is 42.5. The van der Waals surface area contributed by atoms with Gasteiger partial charge in [0.2, 0.25) is 12.0 Å². The predicted molar refractivity (Wildman–Crippen MR) is 233 cm³/mol. The van der Waals surface area contributed by atoms with E-state index in [1.54, 1.807) is 71.0 Å². The molecule has 0 aliphatic carbocycles. The average Bonchev–Trinajstić information content (AvgIpc) is 3.52. The van der Waals surface area contributed by atoms with Crippen molar-refractivity contribution in [1.82, 2.24) is 9.97 Å². The number of hydrogen-bond acceptors (Lipinski definition) is 12. The molecule has 4 aromatic carbocycles. The smallest absolute Gasteiger partial charge is 0.348 e. The molecule has 6 rings (SSSR count). The molecule has 0 aliphatic rings. The van der Waals surface area contributed by atoms with Crippen molar-refractivity contribution in [2.24, 2.45) is 0 Å². The zero-order valence-corrected chi connectivity index (χ0v) is 37.5. The summed E-state index contributed by atoms with van der Waals surface area (Å²) in [5.74, 6) is -0.241. The number of fused-ring (bicyclic) bond motifs is 1. The van der Waals surface area contributed by atoms with Crippen LogP contribution in [0.1, 0.15) is 48.6 Å². The van der Waals surface area contributed by atoms with Crippen LogP contribution >= 0.6 is 50.5 Å². The maximum absolute atomic E-state index is 13.9. The number of rotatable bonds is 16. The summed E-state index contributed by atoms with van der Waals surface area (Å²) < 4.78 is 55.4. The molecule has 11 nitrogen and oxygen atoms in total. The van der Waals surface area contributed by atoms with Gasteiger partial charge in [-0.05, 0) is 96.6 Å². The summed E-state index contributed by atoms with van der Waals surface area (Å²) in [4.78, 5) is 23.5. The number of hydrogen-bond donors (Lipinski definition) is 1. The number of carbonyl (C=O) groups excluding carboxylic acids is 1. The van der Waals surface area contributed by atoms with Crippen LogP contribution in [0.15, 0.2) is 89.0 Å². The minimum absolute atomic E-state index is 0.0174. The normalized spacial score (nSPS) is 12.3. The number of halogens is 3. The lowest BCUT2D eigenvalue weighted by molar-refractivity contribution is -0.163. The number of benzene rings is 4. The Morgan fingerprint density at radius 2 is 1.53 bits per heavy atom. The van der Waals surface area contributed by atoms with Crippen molar-refractivity contribution in [3.8, 4) is 34.3 Å². The lowest BCUT2D eigenvalue weighted by Crippen LogP contribution is -2.37. The van der Waals surface area contributed by atoms with Gasteiger partial charge in [-0.2, -0.15) is 8.42 Å². The van der Waals surface area contributed by atoms with Crippen LogP contribution in [0, 0.1) is 13.8 Å². The van der Waals surface area contributed by atoms with Crippen LogP contribution < -0.4 is 14.2 Å². The van der Waals surface area contributed by atoms with Crippen LogP contribution in [-0.2, 0) is 42.6 Å². The molecule has 6 aromatic rings. The van der Waals surface area contributed by atoms with Gasteiger partial charge in [0.15, 0.2) is 5.75 Å². The van der Waals surface area contributed by atoms with E-state index in [1.165, 1.54) is 29.8 Å². The summed E-state index contributed by atoms with van der Waals surface area (Å²) in [5, 5.41) is 11.4. The molecule has 0 saturated heterocycles. The molecule has 0 saturated carbocycles. The number of phenolic OH excluding ortho intramolecular Hbond substituents is 1. The standard InChI is InChI=1S/C43H41BrCl2N2O9S2/c1-25-33(26(2)37(46)38(36(25)45)53-18-19-55-59(51,52)23-28-14-10-7-11-15-28)34-35-40(47-24-48-41(35)58-39(34)44)56-32(42(50)57-43(3,4)5)21-29-20-30(49)16-17-31(29)54-22-27-12-8-6-9-13-27/h6-17,20,24,32,49H,18-19,21-23H2,1-5H3/t32-/m1/s1. The van der Waals surface area contributed by atoms with E-state index < -0.39 is 27.8 Å². The Hall–Kier alpha value is -4.44. The summed E-state index contributed by atoms with van der Waals surface area (Å²) in [6, 6.07) is 23.0. The van der Waals surface area contributed by atoms with Gasteiger partial charge in [-0.3, -0.25) is 4.18 Å². The number of carbonyl (C=O) groups is 1. The number of phenols is 1. The van der Waals surface area contributed by atoms with Gasteiger partial charge >= 0.3 is 5.97 Å². The van der Waals surface area contributed by atoms with E-state index in [-0.39, 0.29) is 59.4 Å². The largest absolute Gasteiger partial charge is 0.508 e. The third-order valence-electron chi connectivity index (χ3n) is 8.86. The second-order valence-electron chi connectivity index (χ2n) is 14.5. The monoisotopic (exact) mass is 942 g/mol. The third kappa shape index (κ3) is 11.0. The first kappa shape index (κ1) is 44.1. The Kier molecular flexibility index (Phi) is 14.1. The fourth-order valence-electron chi connectivity index (χ4n) is 6.23. The van der Waals surface area contributed by atoms with Crippen molar-refractivity contribution in [1.29, 1.82) is 0 Å². The average molecular weight is 945 g/mol. The van der Waals surface area contributed by atoms with Gasteiger partial charge < -0.3 is 24.1 Å². The molecule has 2 heterocycles. The molecule has 59 heavy (non-hydrogen) atoms. The Balaban J connectivity index is 1.31. The van der Waals surface area contributed by atoms with E-state index in [1.807, 2.05) is 30.3 Å². The number of thiophene rings is 1. The highest BCUT2D eigenvalue weighted by molar-refractivity contribution is 9.11. The summed E-state index contributed by atoms with van der Waals surface area (Å²) >= 11 is 18.9. The highest BCUT2D eigenvalue weighted by atomic mass is 79.9. The van der Waals surface area contributed by atoms with E-state index in [9.17, 15) is 18.3 Å². The van der Waals surface area contributed by atoms with E-state index in [2.05, 4.69) is 25.9 Å². The first-order chi connectivity index (χ1) is 28.0. The lowest BCUT2D eigenvalue weighted by atomic mass is 9.95. The zero-order valence-electron chi connectivity index (χ0n) is 32.8. The molecular weight excluding hydrogens is 903 g/mol. The second-order valence-corrected chi connectivity index (χ2v) is 19.2. The van der Waals surface area contributed by atoms with Crippen molar-refractivity contribution in [3.63, 3.8) is 0 Å². The minimum Gasteiger partial charge on any atom is -0.508 e. The molecule has 310 valence electrons. The molecule has 16 heteroatoms. The summed E-state index contributed by atoms with van der Waals surface area (Å²) in [6.07, 6.45) is 0.0555. The van der Waals surface area contributed by atoms with Crippen LogP contribution in [0.5, 0.6) is 23.1 Å². The number of nitrogens with zero attached hydrogens (tertiary/aromatic N) is 2. The highest BCUT2D eigenvalue weighted by Gasteiger charge is 2.32. The van der Waals surface area contributed by atoms with Gasteiger partial charge in [0.25, 0.3) is 10.1 Å². The van der Waals surface area contributed by atoms with E-state index >= 15 is 0 Å². The molecule has 1 atom stereocenters. The van der Waals surface area contributed by atoms with Crippen molar-refractivity contribution in [2.45, 2.75) is 65.1 Å². The maximum atomic E-state index is 13.9. The minimum atomic E-state index is -3.87. The molecular formula is C43H41BrCl2N2O9S2. The highest BCUT2D eigenvalue weighted by Crippen LogP contribution is 2.51. The molecule has 0 amide bonds. The van der Waals surface area contributed by atoms with E-state index in [0.29, 0.717) is 53.1 Å². The van der Waals surface area contributed by atoms with E-state index in [0.717, 1.165) is 5.56 Å². The molecule has 0 bridgehead atoms. The van der Waals surface area contributed by atoms with Crippen LogP contribution in [0.25, 0.3) is 21.3 Å². The first-order valence-electron chi connectivity index (χ1n) is 18.3. The van der Waals surface area contributed by atoms with Crippen LogP contribution in [0.2, 0.25) is 10.0 Å². The Morgan fingerprint density at radius 1 is 0.881 bits per heavy atom. The predicted octanol–water partition coefficient (Wildman–Crippen LogP) is 10.6. The second kappa shape index (κ2) is 18.9. The summed E-state index contributed by atoms with van der Waals surface area (Å²) in [7, 11) is -3.87. The SMILES string of the molecule is Cc1c(Cl)c(OCCOS(=O)(=O)Cc2ccccc2)c(Cl)c(C)c1-c1c(Br)sc2ncnc(O[C@H](Cc3cc(O)ccc3OCc3ccccc3)C(=O)OC(C)(C)C)c12.